The highest BCUT2D eigenvalue weighted by Crippen LogP contribution is 2.57. The highest BCUT2D eigenvalue weighted by atomic mass is 16.5. The molecule has 17 heavy (non-hydrogen) atoms. The molecule has 3 rings (SSSR count). The fraction of sp³-hybridized carbons (Fsp3) is 0.636. The van der Waals surface area contributed by atoms with Crippen molar-refractivity contribution in [3.05, 3.63) is 32.6 Å². The van der Waals surface area contributed by atoms with Crippen molar-refractivity contribution >= 4 is 0 Å². The quantitative estimate of drug-likeness (QED) is 0.708. The van der Waals surface area contributed by atoms with Gasteiger partial charge in [-0.25, -0.2) is 4.79 Å². The Balaban J connectivity index is 1.98. The molecule has 1 aliphatic heterocycles. The molecule has 1 aromatic rings. The van der Waals surface area contributed by atoms with Crippen molar-refractivity contribution < 1.29 is 9.84 Å². The van der Waals surface area contributed by atoms with Crippen LogP contribution in [0.4, 0.5) is 0 Å². The molecule has 1 saturated carbocycles. The molecule has 0 spiro atoms. The molecular formula is C11H14N2O4. The van der Waals surface area contributed by atoms with Gasteiger partial charge in [0, 0.05) is 24.3 Å². The molecule has 2 fully saturated rings. The van der Waals surface area contributed by atoms with Crippen molar-refractivity contribution in [3.8, 4) is 0 Å². The van der Waals surface area contributed by atoms with Crippen molar-refractivity contribution in [2.45, 2.75) is 13.2 Å². The molecule has 2 aliphatic rings. The second kappa shape index (κ2) is 3.54. The molecule has 6 nitrogen and oxygen atoms in total. The van der Waals surface area contributed by atoms with Gasteiger partial charge in [-0.1, -0.05) is 0 Å². The van der Waals surface area contributed by atoms with Crippen LogP contribution in [0.1, 0.15) is 11.8 Å². The smallest absolute Gasteiger partial charge is 0.330 e. The van der Waals surface area contributed by atoms with Gasteiger partial charge in [0.25, 0.3) is 5.56 Å². The Morgan fingerprint density at radius 1 is 1.59 bits per heavy atom. The van der Waals surface area contributed by atoms with Crippen LogP contribution in [-0.4, -0.2) is 27.9 Å². The summed E-state index contributed by atoms with van der Waals surface area (Å²) in [5.74, 6) is 0.778. The van der Waals surface area contributed by atoms with Crippen LogP contribution < -0.4 is 11.2 Å². The van der Waals surface area contributed by atoms with Gasteiger partial charge in [0.15, 0.2) is 0 Å². The fourth-order valence-corrected chi connectivity index (χ4v) is 2.75. The van der Waals surface area contributed by atoms with Crippen LogP contribution in [0.25, 0.3) is 0 Å². The zero-order valence-corrected chi connectivity index (χ0v) is 9.42. The molecule has 1 aromatic heterocycles. The first kappa shape index (κ1) is 10.7. The predicted molar refractivity (Wildman–Crippen MR) is 58.6 cm³/mol. The minimum Gasteiger partial charge on any atom is -0.396 e. The average Bonchev–Trinajstić information content (AvgIpc) is 2.84. The molecule has 1 saturated heterocycles. The lowest BCUT2D eigenvalue weighted by atomic mass is 10.3. The van der Waals surface area contributed by atoms with E-state index < -0.39 is 5.69 Å². The monoisotopic (exact) mass is 238 g/mol. The number of H-pyrrole nitrogens is 1. The number of hydrogen-bond acceptors (Lipinski definition) is 4. The molecule has 0 unspecified atom stereocenters. The van der Waals surface area contributed by atoms with Crippen molar-refractivity contribution in [2.75, 3.05) is 13.2 Å². The number of aliphatic hydroxyl groups is 1. The first-order chi connectivity index (χ1) is 8.13. The van der Waals surface area contributed by atoms with Crippen LogP contribution in [0.15, 0.2) is 15.8 Å². The second-order valence-corrected chi connectivity index (χ2v) is 4.79. The van der Waals surface area contributed by atoms with E-state index in [-0.39, 0.29) is 30.2 Å². The molecule has 0 bridgehead atoms. The van der Waals surface area contributed by atoms with Crippen LogP contribution in [0.3, 0.4) is 0 Å². The third-order valence-electron chi connectivity index (χ3n) is 3.82. The van der Waals surface area contributed by atoms with Gasteiger partial charge in [0.1, 0.15) is 6.23 Å². The molecule has 2 heterocycles. The number of ether oxygens (including phenoxy) is 1. The number of rotatable bonds is 2. The van der Waals surface area contributed by atoms with Crippen LogP contribution in [-0.2, 0) is 4.74 Å². The Labute approximate surface area is 96.9 Å². The number of aliphatic hydroxyl groups excluding tert-OH is 1. The lowest BCUT2D eigenvalue weighted by molar-refractivity contribution is 0.00635. The van der Waals surface area contributed by atoms with E-state index in [4.69, 9.17) is 9.84 Å². The molecular weight excluding hydrogens is 224 g/mol. The zero-order chi connectivity index (χ0) is 12.2. The molecule has 0 aromatic carbocycles. The molecule has 1 aliphatic carbocycles. The largest absolute Gasteiger partial charge is 0.396 e. The summed E-state index contributed by atoms with van der Waals surface area (Å²) in [5.41, 5.74) is -0.331. The summed E-state index contributed by atoms with van der Waals surface area (Å²) in [6.45, 7) is 2.36. The number of nitrogens with one attached hydrogen (secondary N) is 1. The lowest BCUT2D eigenvalue weighted by Crippen LogP contribution is -2.34. The minimum atomic E-state index is -0.449. The van der Waals surface area contributed by atoms with Gasteiger partial charge in [0.05, 0.1) is 6.61 Å². The van der Waals surface area contributed by atoms with E-state index in [0.29, 0.717) is 18.1 Å². The third kappa shape index (κ3) is 1.48. The highest BCUT2D eigenvalue weighted by Gasteiger charge is 2.59. The maximum atomic E-state index is 11.7. The molecule has 0 amide bonds. The average molecular weight is 238 g/mol. The molecule has 92 valence electrons. The predicted octanol–water partition coefficient (Wildman–Crippen LogP) is -0.772. The number of aromatic nitrogens is 2. The molecule has 4 atom stereocenters. The Hall–Kier alpha value is -1.40. The third-order valence-corrected chi connectivity index (χ3v) is 3.82. The van der Waals surface area contributed by atoms with Crippen molar-refractivity contribution in [2.24, 2.45) is 17.8 Å². The fourth-order valence-electron chi connectivity index (χ4n) is 2.75. The summed E-state index contributed by atoms with van der Waals surface area (Å²) < 4.78 is 6.97. The van der Waals surface area contributed by atoms with Gasteiger partial charge in [-0.2, -0.15) is 0 Å². The minimum absolute atomic E-state index is 0.131. The maximum absolute atomic E-state index is 11.7. The second-order valence-electron chi connectivity index (χ2n) is 4.79. The van der Waals surface area contributed by atoms with Gasteiger partial charge >= 0.3 is 5.69 Å². The lowest BCUT2D eigenvalue weighted by Gasteiger charge is -2.17. The van der Waals surface area contributed by atoms with Gasteiger partial charge < -0.3 is 9.84 Å². The summed E-state index contributed by atoms with van der Waals surface area (Å²) in [5, 5.41) is 9.14. The highest BCUT2D eigenvalue weighted by molar-refractivity contribution is 5.07. The van der Waals surface area contributed by atoms with Gasteiger partial charge in [-0.05, 0) is 18.8 Å². The van der Waals surface area contributed by atoms with Crippen LogP contribution >= 0.6 is 0 Å². The topological polar surface area (TPSA) is 84.3 Å². The van der Waals surface area contributed by atoms with E-state index in [2.05, 4.69) is 4.98 Å². The Morgan fingerprint density at radius 2 is 2.35 bits per heavy atom. The van der Waals surface area contributed by atoms with E-state index in [1.807, 2.05) is 0 Å². The van der Waals surface area contributed by atoms with Gasteiger partial charge in [0.2, 0.25) is 0 Å². The van der Waals surface area contributed by atoms with Gasteiger partial charge in [-0.3, -0.25) is 14.3 Å². The van der Waals surface area contributed by atoms with Crippen LogP contribution in [0.2, 0.25) is 0 Å². The first-order valence-electron chi connectivity index (χ1n) is 5.68. The number of nitrogens with zero attached hydrogens (tertiary/aromatic N) is 1. The van der Waals surface area contributed by atoms with Crippen molar-refractivity contribution in [3.63, 3.8) is 0 Å². The van der Waals surface area contributed by atoms with Crippen molar-refractivity contribution in [1.82, 2.24) is 9.55 Å². The van der Waals surface area contributed by atoms with Gasteiger partial charge in [-0.15, -0.1) is 0 Å². The molecule has 2 N–H and O–H groups in total. The van der Waals surface area contributed by atoms with E-state index in [1.165, 1.54) is 10.8 Å². The normalized spacial score (nSPS) is 34.7. The van der Waals surface area contributed by atoms with Crippen LogP contribution in [0.5, 0.6) is 0 Å². The molecule has 6 heteroatoms. The maximum Gasteiger partial charge on any atom is 0.330 e. The van der Waals surface area contributed by atoms with E-state index in [9.17, 15) is 9.59 Å². The number of fused-ring (bicyclic) bond motifs is 1. The summed E-state index contributed by atoms with van der Waals surface area (Å²) >= 11 is 0. The summed E-state index contributed by atoms with van der Waals surface area (Å²) in [7, 11) is 0. The number of hydrogen-bond donors (Lipinski definition) is 2. The SMILES string of the molecule is Cc1cn([C@@H]2OC[C@@H]3[C@H](CO)[C@@H]32)c(=O)[nH]c1=O. The van der Waals surface area contributed by atoms with Crippen molar-refractivity contribution in [1.29, 1.82) is 0 Å². The van der Waals surface area contributed by atoms with Crippen LogP contribution in [0, 0.1) is 24.7 Å². The summed E-state index contributed by atoms with van der Waals surface area (Å²) in [6, 6.07) is 0. The van der Waals surface area contributed by atoms with E-state index >= 15 is 0 Å². The Bertz CT molecular complexity index is 557. The summed E-state index contributed by atoms with van der Waals surface area (Å²) in [4.78, 5) is 25.2. The number of aromatic amines is 1. The summed E-state index contributed by atoms with van der Waals surface area (Å²) in [6.07, 6.45) is 1.18. The molecule has 0 radical (unpaired) electrons. The van der Waals surface area contributed by atoms with E-state index in [0.717, 1.165) is 0 Å². The Kier molecular flexibility index (Phi) is 2.24. The zero-order valence-electron chi connectivity index (χ0n) is 9.42. The van der Waals surface area contributed by atoms with E-state index in [1.54, 1.807) is 6.92 Å². The first-order valence-corrected chi connectivity index (χ1v) is 5.68. The number of aryl methyl sites for hydroxylation is 1. The Morgan fingerprint density at radius 3 is 3.00 bits per heavy atom. The standard InChI is InChI=1S/C11H14N2O4/c1-5-2-13(11(16)12-9(5)15)10-8-6(3-14)7(8)4-17-10/h2,6-8,10,14H,3-4H2,1H3,(H,12,15,16)/t6-,7+,8-,10+/m0/s1.